The summed E-state index contributed by atoms with van der Waals surface area (Å²) in [4.78, 5) is 7.02. The molecule has 1 saturated heterocycles. The molecule has 2 N–H and O–H groups in total. The molecule has 2 aliphatic heterocycles. The first-order valence-electron chi connectivity index (χ1n) is 6.29. The van der Waals surface area contributed by atoms with E-state index in [9.17, 15) is 0 Å². The number of likely N-dealkylation sites (tertiary alicyclic amines) is 1. The minimum atomic E-state index is 0.148. The van der Waals surface area contributed by atoms with E-state index < -0.39 is 0 Å². The lowest BCUT2D eigenvalue weighted by Gasteiger charge is -2.27. The first-order chi connectivity index (χ1) is 7.77. The number of nitrogens with zero attached hydrogens (tertiary/aromatic N) is 3. The first kappa shape index (κ1) is 10.3. The van der Waals surface area contributed by atoms with Crippen LogP contribution in [0.1, 0.15) is 49.4 Å². The Morgan fingerprint density at radius 1 is 1.38 bits per heavy atom. The molecule has 16 heavy (non-hydrogen) atoms. The Bertz CT molecular complexity index is 384. The molecule has 3 heterocycles. The zero-order chi connectivity index (χ0) is 11.1. The average molecular weight is 220 g/mol. The summed E-state index contributed by atoms with van der Waals surface area (Å²) < 4.78 is 2.29. The predicted molar refractivity (Wildman–Crippen MR) is 63.0 cm³/mol. The second-order valence-corrected chi connectivity index (χ2v) is 5.08. The second-order valence-electron chi connectivity index (χ2n) is 5.08. The molecule has 4 heteroatoms. The van der Waals surface area contributed by atoms with Crippen molar-refractivity contribution in [3.63, 3.8) is 0 Å². The number of aryl methyl sites for hydroxylation is 1. The fourth-order valence-electron chi connectivity index (χ4n) is 3.08. The largest absolute Gasteiger partial charge is 0.315 e. The van der Waals surface area contributed by atoms with E-state index in [0.717, 1.165) is 12.8 Å². The number of hydrogen-bond donors (Lipinski definition) is 1. The van der Waals surface area contributed by atoms with Gasteiger partial charge in [-0.25, -0.2) is 4.98 Å². The highest BCUT2D eigenvalue weighted by atomic mass is 15.2. The molecular weight excluding hydrogens is 200 g/mol. The van der Waals surface area contributed by atoms with Crippen molar-refractivity contribution in [3.8, 4) is 0 Å². The molecule has 0 aromatic carbocycles. The summed E-state index contributed by atoms with van der Waals surface area (Å²) in [6.45, 7) is 1.18. The van der Waals surface area contributed by atoms with E-state index in [1.807, 2.05) is 6.20 Å². The van der Waals surface area contributed by atoms with E-state index in [1.54, 1.807) is 0 Å². The molecule has 1 aromatic rings. The summed E-state index contributed by atoms with van der Waals surface area (Å²) in [5.41, 5.74) is 7.54. The van der Waals surface area contributed by atoms with Gasteiger partial charge in [0.2, 0.25) is 0 Å². The molecule has 4 nitrogen and oxygen atoms in total. The lowest BCUT2D eigenvalue weighted by Crippen LogP contribution is -2.29. The molecule has 2 unspecified atom stereocenters. The lowest BCUT2D eigenvalue weighted by atomic mass is 10.1. The van der Waals surface area contributed by atoms with Crippen molar-refractivity contribution < 1.29 is 0 Å². The minimum Gasteiger partial charge on any atom is -0.315 e. The monoisotopic (exact) mass is 220 g/mol. The first-order valence-corrected chi connectivity index (χ1v) is 6.29. The smallest absolute Gasteiger partial charge is 0.127 e. The Labute approximate surface area is 96.4 Å². The molecule has 88 valence electrons. The SMILES string of the molecule is CN1CCCC1c1ncc2n1C(N)CCC2. The maximum atomic E-state index is 6.21. The van der Waals surface area contributed by atoms with Crippen LogP contribution in [-0.4, -0.2) is 28.0 Å². The van der Waals surface area contributed by atoms with Crippen molar-refractivity contribution in [3.05, 3.63) is 17.7 Å². The zero-order valence-corrected chi connectivity index (χ0v) is 9.89. The topological polar surface area (TPSA) is 47.1 Å². The second kappa shape index (κ2) is 3.86. The summed E-state index contributed by atoms with van der Waals surface area (Å²) in [6.07, 6.45) is 8.10. The van der Waals surface area contributed by atoms with Crippen LogP contribution in [0, 0.1) is 0 Å². The van der Waals surface area contributed by atoms with Gasteiger partial charge in [0.1, 0.15) is 5.82 Å². The van der Waals surface area contributed by atoms with Crippen LogP contribution in [-0.2, 0) is 6.42 Å². The molecule has 1 aromatic heterocycles. The highest BCUT2D eigenvalue weighted by Crippen LogP contribution is 2.33. The number of hydrogen-bond acceptors (Lipinski definition) is 3. The maximum Gasteiger partial charge on any atom is 0.127 e. The maximum absolute atomic E-state index is 6.21. The van der Waals surface area contributed by atoms with Crippen LogP contribution in [0.5, 0.6) is 0 Å². The van der Waals surface area contributed by atoms with Crippen LogP contribution in [0.2, 0.25) is 0 Å². The Morgan fingerprint density at radius 3 is 3.00 bits per heavy atom. The van der Waals surface area contributed by atoms with Crippen molar-refractivity contribution in [2.75, 3.05) is 13.6 Å². The van der Waals surface area contributed by atoms with E-state index >= 15 is 0 Å². The molecule has 2 aliphatic rings. The van der Waals surface area contributed by atoms with E-state index in [-0.39, 0.29) is 6.17 Å². The van der Waals surface area contributed by atoms with Crippen LogP contribution < -0.4 is 5.73 Å². The van der Waals surface area contributed by atoms with Crippen molar-refractivity contribution in [1.29, 1.82) is 0 Å². The predicted octanol–water partition coefficient (Wildman–Crippen LogP) is 1.44. The van der Waals surface area contributed by atoms with Crippen molar-refractivity contribution in [1.82, 2.24) is 14.5 Å². The fraction of sp³-hybridized carbons (Fsp3) is 0.750. The van der Waals surface area contributed by atoms with Crippen molar-refractivity contribution >= 4 is 0 Å². The summed E-state index contributed by atoms with van der Waals surface area (Å²) >= 11 is 0. The molecule has 3 rings (SSSR count). The van der Waals surface area contributed by atoms with Crippen LogP contribution >= 0.6 is 0 Å². The van der Waals surface area contributed by atoms with Gasteiger partial charge in [-0.2, -0.15) is 0 Å². The molecule has 0 spiro atoms. The minimum absolute atomic E-state index is 0.148. The number of rotatable bonds is 1. The molecule has 0 amide bonds. The molecular formula is C12H20N4. The van der Waals surface area contributed by atoms with Gasteiger partial charge in [-0.05, 0) is 45.7 Å². The number of fused-ring (bicyclic) bond motifs is 1. The number of imidazole rings is 1. The van der Waals surface area contributed by atoms with E-state index in [2.05, 4.69) is 21.5 Å². The zero-order valence-electron chi connectivity index (χ0n) is 9.89. The summed E-state index contributed by atoms with van der Waals surface area (Å²) in [5.74, 6) is 1.20. The third-order valence-electron chi connectivity index (χ3n) is 3.99. The molecule has 1 fully saturated rings. The third-order valence-corrected chi connectivity index (χ3v) is 3.99. The summed E-state index contributed by atoms with van der Waals surface area (Å²) in [7, 11) is 2.19. The van der Waals surface area contributed by atoms with Gasteiger partial charge < -0.3 is 10.3 Å². The standard InChI is InChI=1S/C12H20N4/c1-15-7-3-5-10(15)12-14-8-9-4-2-6-11(13)16(9)12/h8,10-11H,2-7,13H2,1H3. The summed E-state index contributed by atoms with van der Waals surface area (Å²) in [6, 6.07) is 0.484. The van der Waals surface area contributed by atoms with E-state index in [0.29, 0.717) is 6.04 Å². The number of aromatic nitrogens is 2. The Morgan fingerprint density at radius 2 is 2.25 bits per heavy atom. The molecule has 0 aliphatic carbocycles. The van der Waals surface area contributed by atoms with Gasteiger partial charge in [-0.3, -0.25) is 4.90 Å². The Hall–Kier alpha value is -0.870. The fourth-order valence-corrected chi connectivity index (χ4v) is 3.08. The molecule has 0 saturated carbocycles. The lowest BCUT2D eigenvalue weighted by molar-refractivity contribution is 0.283. The van der Waals surface area contributed by atoms with Gasteiger partial charge >= 0.3 is 0 Å². The van der Waals surface area contributed by atoms with Gasteiger partial charge in [-0.15, -0.1) is 0 Å². The van der Waals surface area contributed by atoms with Gasteiger partial charge in [0.05, 0.1) is 12.2 Å². The van der Waals surface area contributed by atoms with Crippen LogP contribution in [0.4, 0.5) is 0 Å². The highest BCUT2D eigenvalue weighted by molar-refractivity contribution is 5.13. The van der Waals surface area contributed by atoms with Crippen molar-refractivity contribution in [2.24, 2.45) is 5.73 Å². The van der Waals surface area contributed by atoms with Gasteiger partial charge in [0.25, 0.3) is 0 Å². The average Bonchev–Trinajstić information content (AvgIpc) is 2.84. The van der Waals surface area contributed by atoms with Crippen LogP contribution in [0.15, 0.2) is 6.20 Å². The van der Waals surface area contributed by atoms with E-state index in [1.165, 1.54) is 37.3 Å². The van der Waals surface area contributed by atoms with Gasteiger partial charge in [0, 0.05) is 11.9 Å². The quantitative estimate of drug-likeness (QED) is 0.779. The normalized spacial score (nSPS) is 30.6. The van der Waals surface area contributed by atoms with Gasteiger partial charge in [0.15, 0.2) is 0 Å². The van der Waals surface area contributed by atoms with Crippen LogP contribution in [0.25, 0.3) is 0 Å². The summed E-state index contributed by atoms with van der Waals surface area (Å²) in [5, 5.41) is 0. The third kappa shape index (κ3) is 1.48. The van der Waals surface area contributed by atoms with Crippen LogP contribution in [0.3, 0.4) is 0 Å². The van der Waals surface area contributed by atoms with Crippen molar-refractivity contribution in [2.45, 2.75) is 44.3 Å². The highest BCUT2D eigenvalue weighted by Gasteiger charge is 2.30. The van der Waals surface area contributed by atoms with Gasteiger partial charge in [-0.1, -0.05) is 0 Å². The van der Waals surface area contributed by atoms with E-state index in [4.69, 9.17) is 5.73 Å². The molecule has 0 bridgehead atoms. The number of nitrogens with two attached hydrogens (primary N) is 1. The molecule has 0 radical (unpaired) electrons. The molecule has 2 atom stereocenters. The Balaban J connectivity index is 1.98. The Kier molecular flexibility index (Phi) is 2.48.